The van der Waals surface area contributed by atoms with E-state index in [-0.39, 0.29) is 6.42 Å². The zero-order valence-electron chi connectivity index (χ0n) is 14.0. The topological polar surface area (TPSA) is 49.3 Å². The SMILES string of the molecule is O=C(O)CCc1cc2c(s1)C=c1ccccc1=CC2=C1CCNCC1. The average Bonchev–Trinajstić information content (AvgIpc) is 2.95. The number of rotatable bonds is 3. The molecule has 1 aromatic heterocycles. The molecule has 2 aliphatic rings. The lowest BCUT2D eigenvalue weighted by Gasteiger charge is -2.18. The van der Waals surface area contributed by atoms with Crippen LogP contribution in [-0.4, -0.2) is 24.2 Å². The number of hydrogen-bond donors (Lipinski definition) is 2. The number of carboxylic acids is 1. The second-order valence-electron chi connectivity index (χ2n) is 6.57. The highest BCUT2D eigenvalue weighted by Crippen LogP contribution is 2.35. The van der Waals surface area contributed by atoms with Crippen molar-refractivity contribution >= 4 is 35.0 Å². The quantitative estimate of drug-likeness (QED) is 0.893. The van der Waals surface area contributed by atoms with Crippen LogP contribution in [0.1, 0.15) is 34.6 Å². The highest BCUT2D eigenvalue weighted by atomic mass is 32.1. The Kier molecular flexibility index (Phi) is 4.55. The fourth-order valence-electron chi connectivity index (χ4n) is 3.57. The highest BCUT2D eigenvalue weighted by Gasteiger charge is 2.18. The molecule has 1 aromatic carbocycles. The number of aliphatic carboxylic acids is 1. The van der Waals surface area contributed by atoms with Crippen molar-refractivity contribution in [2.24, 2.45) is 0 Å². The predicted octanol–water partition coefficient (Wildman–Crippen LogP) is 2.53. The second kappa shape index (κ2) is 6.98. The number of hydrogen-bond acceptors (Lipinski definition) is 3. The molecule has 0 atom stereocenters. The minimum Gasteiger partial charge on any atom is -0.481 e. The summed E-state index contributed by atoms with van der Waals surface area (Å²) >= 11 is 1.73. The van der Waals surface area contributed by atoms with Crippen LogP contribution in [0.3, 0.4) is 0 Å². The number of carboxylic acid groups (broad SMARTS) is 1. The van der Waals surface area contributed by atoms with Gasteiger partial charge in [0, 0.05) is 9.75 Å². The van der Waals surface area contributed by atoms with Gasteiger partial charge in [-0.1, -0.05) is 29.8 Å². The van der Waals surface area contributed by atoms with E-state index in [0.717, 1.165) is 30.8 Å². The summed E-state index contributed by atoms with van der Waals surface area (Å²) in [6.07, 6.45) is 7.53. The first kappa shape index (κ1) is 16.3. The van der Waals surface area contributed by atoms with E-state index in [4.69, 9.17) is 5.11 Å². The number of benzene rings is 1. The summed E-state index contributed by atoms with van der Waals surface area (Å²) in [6, 6.07) is 10.7. The zero-order valence-corrected chi connectivity index (χ0v) is 14.9. The van der Waals surface area contributed by atoms with Crippen molar-refractivity contribution in [2.45, 2.75) is 25.7 Å². The Morgan fingerprint density at radius 2 is 1.84 bits per heavy atom. The van der Waals surface area contributed by atoms with E-state index in [1.807, 2.05) is 0 Å². The fourth-order valence-corrected chi connectivity index (χ4v) is 4.70. The second-order valence-corrected chi connectivity index (χ2v) is 7.74. The van der Waals surface area contributed by atoms with Crippen LogP contribution in [0.5, 0.6) is 0 Å². The van der Waals surface area contributed by atoms with E-state index < -0.39 is 5.97 Å². The van der Waals surface area contributed by atoms with E-state index in [1.165, 1.54) is 32.0 Å². The first-order valence-electron chi connectivity index (χ1n) is 8.77. The van der Waals surface area contributed by atoms with Gasteiger partial charge >= 0.3 is 5.97 Å². The lowest BCUT2D eigenvalue weighted by molar-refractivity contribution is -0.136. The van der Waals surface area contributed by atoms with E-state index in [9.17, 15) is 4.79 Å². The van der Waals surface area contributed by atoms with Gasteiger partial charge in [-0.05, 0) is 72.1 Å². The molecule has 2 heterocycles. The van der Waals surface area contributed by atoms with Gasteiger partial charge in [-0.3, -0.25) is 4.79 Å². The third-order valence-corrected chi connectivity index (χ3v) is 6.00. The largest absolute Gasteiger partial charge is 0.481 e. The molecule has 4 heteroatoms. The maximum absolute atomic E-state index is 10.9. The molecule has 3 nitrogen and oxygen atoms in total. The minimum absolute atomic E-state index is 0.190. The summed E-state index contributed by atoms with van der Waals surface area (Å²) in [5.74, 6) is -0.735. The maximum atomic E-state index is 10.9. The van der Waals surface area contributed by atoms with E-state index in [2.05, 4.69) is 47.8 Å². The molecule has 0 amide bonds. The molecule has 0 unspecified atom stereocenters. The van der Waals surface area contributed by atoms with Crippen LogP contribution in [0.2, 0.25) is 0 Å². The molecule has 1 fully saturated rings. The smallest absolute Gasteiger partial charge is 0.303 e. The number of piperidine rings is 1. The fraction of sp³-hybridized carbons (Fsp3) is 0.286. The predicted molar refractivity (Wildman–Crippen MR) is 103 cm³/mol. The maximum Gasteiger partial charge on any atom is 0.303 e. The van der Waals surface area contributed by atoms with Crippen molar-refractivity contribution in [2.75, 3.05) is 13.1 Å². The monoisotopic (exact) mass is 351 g/mol. The minimum atomic E-state index is -0.735. The van der Waals surface area contributed by atoms with Gasteiger partial charge in [-0.2, -0.15) is 0 Å². The van der Waals surface area contributed by atoms with Gasteiger partial charge in [0.25, 0.3) is 0 Å². The lowest BCUT2D eigenvalue weighted by Crippen LogP contribution is -2.24. The molecule has 4 rings (SSSR count). The molecule has 1 saturated heterocycles. The summed E-state index contributed by atoms with van der Waals surface area (Å²) in [6.45, 7) is 2.06. The number of nitrogens with one attached hydrogen (secondary N) is 1. The molecule has 0 bridgehead atoms. The molecule has 0 radical (unpaired) electrons. The van der Waals surface area contributed by atoms with Gasteiger partial charge in [0.15, 0.2) is 0 Å². The molecule has 2 aromatic rings. The van der Waals surface area contributed by atoms with Crippen LogP contribution in [0.4, 0.5) is 0 Å². The number of carbonyl (C=O) groups is 1. The van der Waals surface area contributed by atoms with Crippen LogP contribution in [0.25, 0.3) is 17.7 Å². The summed E-state index contributed by atoms with van der Waals surface area (Å²) in [5.41, 5.74) is 4.13. The summed E-state index contributed by atoms with van der Waals surface area (Å²) in [7, 11) is 0. The summed E-state index contributed by atoms with van der Waals surface area (Å²) in [5, 5.41) is 14.9. The van der Waals surface area contributed by atoms with E-state index >= 15 is 0 Å². The summed E-state index contributed by atoms with van der Waals surface area (Å²) < 4.78 is 0. The van der Waals surface area contributed by atoms with Crippen LogP contribution < -0.4 is 15.8 Å². The van der Waals surface area contributed by atoms with Gasteiger partial charge in [0.1, 0.15) is 0 Å². The Balaban J connectivity index is 1.87. The average molecular weight is 351 g/mol. The van der Waals surface area contributed by atoms with Crippen molar-refractivity contribution in [3.05, 3.63) is 61.7 Å². The Morgan fingerprint density at radius 1 is 1.12 bits per heavy atom. The molecular formula is C21H21NO2S. The van der Waals surface area contributed by atoms with Gasteiger partial charge < -0.3 is 10.4 Å². The molecule has 0 spiro atoms. The number of fused-ring (bicyclic) bond motifs is 2. The van der Waals surface area contributed by atoms with Crippen LogP contribution in [0.15, 0.2) is 35.9 Å². The van der Waals surface area contributed by atoms with Gasteiger partial charge in [-0.15, -0.1) is 11.3 Å². The molecule has 25 heavy (non-hydrogen) atoms. The Bertz CT molecular complexity index is 960. The van der Waals surface area contributed by atoms with Crippen LogP contribution in [0, 0.1) is 0 Å². The number of allylic oxidation sites excluding steroid dienone is 1. The first-order valence-corrected chi connectivity index (χ1v) is 9.58. The number of aryl methyl sites for hydroxylation is 1. The zero-order chi connectivity index (χ0) is 17.2. The lowest BCUT2D eigenvalue weighted by atomic mass is 9.93. The van der Waals surface area contributed by atoms with E-state index in [1.54, 1.807) is 11.3 Å². The normalized spacial score (nSPS) is 16.3. The molecule has 0 saturated carbocycles. The third kappa shape index (κ3) is 3.46. The Hall–Kier alpha value is -2.17. The highest BCUT2D eigenvalue weighted by molar-refractivity contribution is 7.13. The first-order chi connectivity index (χ1) is 12.2. The molecular weight excluding hydrogens is 330 g/mol. The van der Waals surface area contributed by atoms with Crippen molar-refractivity contribution in [1.29, 1.82) is 0 Å². The standard InChI is InChI=1S/C21H21NO2S/c23-21(24)6-5-17-13-19-18(14-7-9-22-10-8-14)11-15-3-1-2-4-16(15)12-20(19)25-17/h1-4,11-13,22H,5-10H2,(H,23,24). The molecule has 1 aliphatic carbocycles. The van der Waals surface area contributed by atoms with Crippen molar-refractivity contribution in [3.63, 3.8) is 0 Å². The van der Waals surface area contributed by atoms with Crippen molar-refractivity contribution < 1.29 is 9.90 Å². The van der Waals surface area contributed by atoms with Crippen molar-refractivity contribution in [1.82, 2.24) is 5.32 Å². The Morgan fingerprint density at radius 3 is 2.56 bits per heavy atom. The number of thiophene rings is 1. The van der Waals surface area contributed by atoms with E-state index in [0.29, 0.717) is 6.42 Å². The van der Waals surface area contributed by atoms with Crippen molar-refractivity contribution in [3.8, 4) is 0 Å². The molecule has 2 N–H and O–H groups in total. The third-order valence-electron chi connectivity index (χ3n) is 4.86. The van der Waals surface area contributed by atoms with Gasteiger partial charge in [0.05, 0.1) is 6.42 Å². The molecule has 128 valence electrons. The van der Waals surface area contributed by atoms with Gasteiger partial charge in [-0.25, -0.2) is 0 Å². The van der Waals surface area contributed by atoms with Crippen LogP contribution >= 0.6 is 11.3 Å². The molecule has 1 aliphatic heterocycles. The van der Waals surface area contributed by atoms with Crippen LogP contribution in [-0.2, 0) is 11.2 Å². The summed E-state index contributed by atoms with van der Waals surface area (Å²) in [4.78, 5) is 13.3. The Labute approximate surface area is 151 Å². The van der Waals surface area contributed by atoms with Gasteiger partial charge in [0.2, 0.25) is 0 Å².